The van der Waals surface area contributed by atoms with Crippen LogP contribution in [0.25, 0.3) is 0 Å². The second kappa shape index (κ2) is 28.9. The van der Waals surface area contributed by atoms with E-state index in [2.05, 4.69) is 140 Å². The number of aliphatic hydroxyl groups excluding tert-OH is 3. The maximum Gasteiger partial charge on any atom is 0.305 e. The molecule has 1 saturated heterocycles. The van der Waals surface area contributed by atoms with Gasteiger partial charge in [-0.05, 0) is 168 Å². The summed E-state index contributed by atoms with van der Waals surface area (Å²) in [6.07, 6.45) is 49.1. The van der Waals surface area contributed by atoms with E-state index in [1.807, 2.05) is 0 Å². The van der Waals surface area contributed by atoms with Gasteiger partial charge >= 0.3 is 5.97 Å². The maximum atomic E-state index is 12.7. The molecule has 7 heteroatoms. The lowest BCUT2D eigenvalue weighted by Crippen LogP contribution is -2.60. The van der Waals surface area contributed by atoms with Gasteiger partial charge in [0.25, 0.3) is 0 Å². The molecule has 382 valence electrons. The summed E-state index contributed by atoms with van der Waals surface area (Å²) in [6, 6.07) is 0. The molecule has 4 fully saturated rings. The summed E-state index contributed by atoms with van der Waals surface area (Å²) in [4.78, 5) is 12.7. The molecule has 14 atom stereocenters. The number of hydrogen-bond acceptors (Lipinski definition) is 7. The van der Waals surface area contributed by atoms with E-state index in [0.717, 1.165) is 114 Å². The highest BCUT2D eigenvalue weighted by Crippen LogP contribution is 2.67. The van der Waals surface area contributed by atoms with Crippen LogP contribution in [0.2, 0.25) is 0 Å². The topological polar surface area (TPSA) is 105 Å². The van der Waals surface area contributed by atoms with Crippen molar-refractivity contribution < 1.29 is 34.3 Å². The molecular formula is C61H96O7. The van der Waals surface area contributed by atoms with Gasteiger partial charge in [-0.2, -0.15) is 0 Å². The Morgan fingerprint density at radius 1 is 0.735 bits per heavy atom. The summed E-state index contributed by atoms with van der Waals surface area (Å²) in [5.74, 6) is 4.54. The van der Waals surface area contributed by atoms with Gasteiger partial charge in [-0.1, -0.05) is 158 Å². The third kappa shape index (κ3) is 15.8. The van der Waals surface area contributed by atoms with E-state index in [1.165, 1.54) is 37.7 Å². The highest BCUT2D eigenvalue weighted by molar-refractivity contribution is 5.69. The zero-order valence-electron chi connectivity index (χ0n) is 43.7. The number of hydrogen-bond donors (Lipinski definition) is 3. The van der Waals surface area contributed by atoms with E-state index in [1.54, 1.807) is 0 Å². The zero-order valence-corrected chi connectivity index (χ0v) is 43.7. The van der Waals surface area contributed by atoms with Crippen LogP contribution in [-0.2, 0) is 19.0 Å². The van der Waals surface area contributed by atoms with E-state index in [9.17, 15) is 20.1 Å². The van der Waals surface area contributed by atoms with Crippen molar-refractivity contribution in [1.82, 2.24) is 0 Å². The van der Waals surface area contributed by atoms with Crippen molar-refractivity contribution in [3.05, 3.63) is 96.7 Å². The summed E-state index contributed by atoms with van der Waals surface area (Å²) in [5, 5.41) is 32.6. The van der Waals surface area contributed by atoms with E-state index >= 15 is 0 Å². The van der Waals surface area contributed by atoms with Crippen molar-refractivity contribution in [1.29, 1.82) is 0 Å². The van der Waals surface area contributed by atoms with Gasteiger partial charge in [0, 0.05) is 6.42 Å². The fraction of sp³-hybridized carbons (Fsp3) is 0.721. The van der Waals surface area contributed by atoms with Gasteiger partial charge in [0.05, 0.1) is 6.10 Å². The van der Waals surface area contributed by atoms with Crippen LogP contribution >= 0.6 is 0 Å². The molecule has 14 unspecified atom stereocenters. The molecule has 4 aliphatic carbocycles. The molecule has 0 radical (unpaired) electrons. The summed E-state index contributed by atoms with van der Waals surface area (Å²) in [5.41, 5.74) is 2.02. The highest BCUT2D eigenvalue weighted by atomic mass is 16.7. The predicted octanol–water partition coefficient (Wildman–Crippen LogP) is 14.2. The van der Waals surface area contributed by atoms with Crippen LogP contribution in [0.15, 0.2) is 96.7 Å². The van der Waals surface area contributed by atoms with Gasteiger partial charge < -0.3 is 29.5 Å². The lowest BCUT2D eigenvalue weighted by atomic mass is 9.47. The van der Waals surface area contributed by atoms with Crippen molar-refractivity contribution in [2.24, 2.45) is 52.3 Å². The third-order valence-electron chi connectivity index (χ3n) is 17.3. The zero-order chi connectivity index (χ0) is 48.9. The lowest BCUT2D eigenvalue weighted by molar-refractivity contribution is -0.313. The molecule has 3 N–H and O–H groups in total. The SMILES string of the molecule is CC/C=C\C/C=C\C/C=C\C/C=C\C/C=C\C/C=C\CCCCCCC(=O)OCC1OC(OC2CCC3(C)C(=CCC4C3CCC3(C)C(C(C)/C=C/C(CC)C(C)C)CCC43)C2)C(O)C(O)C1O. The summed E-state index contributed by atoms with van der Waals surface area (Å²) in [7, 11) is 0. The van der Waals surface area contributed by atoms with Crippen LogP contribution in [0.3, 0.4) is 0 Å². The molecule has 0 bridgehead atoms. The van der Waals surface area contributed by atoms with Crippen molar-refractivity contribution in [3.8, 4) is 0 Å². The van der Waals surface area contributed by atoms with E-state index in [-0.39, 0.29) is 24.1 Å². The van der Waals surface area contributed by atoms with E-state index in [4.69, 9.17) is 14.2 Å². The van der Waals surface area contributed by atoms with Gasteiger partial charge in [-0.15, -0.1) is 0 Å². The number of carbonyl (C=O) groups is 1. The third-order valence-corrected chi connectivity index (χ3v) is 17.3. The van der Waals surface area contributed by atoms with E-state index in [0.29, 0.717) is 35.5 Å². The highest BCUT2D eigenvalue weighted by Gasteiger charge is 2.59. The first-order chi connectivity index (χ1) is 32.8. The van der Waals surface area contributed by atoms with Gasteiger partial charge in [0.1, 0.15) is 31.0 Å². The first kappa shape index (κ1) is 56.1. The number of rotatable bonds is 27. The molecule has 1 heterocycles. The summed E-state index contributed by atoms with van der Waals surface area (Å²) in [6.45, 7) is 16.6. The molecule has 0 aromatic heterocycles. The molecular weight excluding hydrogens is 845 g/mol. The Balaban J connectivity index is 0.959. The molecule has 5 aliphatic rings. The molecule has 3 saturated carbocycles. The first-order valence-corrected chi connectivity index (χ1v) is 27.6. The Morgan fingerprint density at radius 3 is 2.00 bits per heavy atom. The standard InChI is InChI=1S/C61H96O7/c1-8-10-11-12-13-14-15-16-17-18-19-20-21-22-23-24-25-26-27-28-29-30-31-32-55(62)66-44-54-56(63)57(64)58(65)59(68-54)67-49-39-41-60(6)48(43-49)35-36-50-52-38-37-51(61(52,7)42-40-53(50)60)46(5)33-34-47(9-2)45(3)4/h10-11,13-14,16-17,19-20,22-23,25-26,33-35,45-47,49-54,56-59,63-65H,8-9,12,15,18,21,24,27-32,36-44H2,1-7H3/b11-10-,14-13-,17-16-,20-19-,23-22-,26-25-,34-33+. The monoisotopic (exact) mass is 941 g/mol. The van der Waals surface area contributed by atoms with Crippen LogP contribution < -0.4 is 0 Å². The molecule has 0 spiro atoms. The predicted molar refractivity (Wildman–Crippen MR) is 281 cm³/mol. The lowest BCUT2D eigenvalue weighted by Gasteiger charge is -2.58. The van der Waals surface area contributed by atoms with Crippen LogP contribution in [0.5, 0.6) is 0 Å². The van der Waals surface area contributed by atoms with Crippen LogP contribution in [0.1, 0.15) is 183 Å². The van der Waals surface area contributed by atoms with Crippen LogP contribution in [-0.4, -0.2) is 64.7 Å². The summed E-state index contributed by atoms with van der Waals surface area (Å²) >= 11 is 0. The first-order valence-electron chi connectivity index (χ1n) is 27.6. The molecule has 0 amide bonds. The molecule has 7 nitrogen and oxygen atoms in total. The second-order valence-electron chi connectivity index (χ2n) is 22.1. The van der Waals surface area contributed by atoms with Gasteiger partial charge in [-0.3, -0.25) is 4.79 Å². The average molecular weight is 941 g/mol. The molecule has 0 aromatic carbocycles. The van der Waals surface area contributed by atoms with Crippen molar-refractivity contribution in [2.45, 2.75) is 220 Å². The quantitative estimate of drug-likeness (QED) is 0.0428. The largest absolute Gasteiger partial charge is 0.463 e. The Hall–Kier alpha value is -2.81. The minimum atomic E-state index is -1.46. The van der Waals surface area contributed by atoms with Crippen molar-refractivity contribution in [2.75, 3.05) is 6.61 Å². The van der Waals surface area contributed by atoms with Gasteiger partial charge in [0.15, 0.2) is 6.29 Å². The Morgan fingerprint density at radius 2 is 1.37 bits per heavy atom. The number of esters is 1. The Labute approximate surface area is 414 Å². The number of allylic oxidation sites excluding steroid dienone is 15. The number of ether oxygens (including phenoxy) is 3. The minimum Gasteiger partial charge on any atom is -0.463 e. The Kier molecular flexibility index (Phi) is 23.8. The Bertz CT molecular complexity index is 1730. The second-order valence-corrected chi connectivity index (χ2v) is 22.1. The maximum absolute atomic E-state index is 12.7. The van der Waals surface area contributed by atoms with Gasteiger partial charge in [0.2, 0.25) is 0 Å². The fourth-order valence-electron chi connectivity index (χ4n) is 13.1. The average Bonchev–Trinajstić information content (AvgIpc) is 3.69. The van der Waals surface area contributed by atoms with Crippen molar-refractivity contribution >= 4 is 5.97 Å². The molecule has 68 heavy (non-hydrogen) atoms. The summed E-state index contributed by atoms with van der Waals surface area (Å²) < 4.78 is 18.1. The smallest absolute Gasteiger partial charge is 0.305 e. The minimum absolute atomic E-state index is 0.145. The fourth-order valence-corrected chi connectivity index (χ4v) is 13.1. The van der Waals surface area contributed by atoms with Gasteiger partial charge in [-0.25, -0.2) is 0 Å². The van der Waals surface area contributed by atoms with Crippen molar-refractivity contribution in [3.63, 3.8) is 0 Å². The number of aliphatic hydroxyl groups is 3. The number of fused-ring (bicyclic) bond motifs is 5. The van der Waals surface area contributed by atoms with Crippen LogP contribution in [0.4, 0.5) is 0 Å². The number of carbonyl (C=O) groups excluding carboxylic acids is 1. The molecule has 1 aliphatic heterocycles. The van der Waals surface area contributed by atoms with E-state index < -0.39 is 30.7 Å². The molecule has 0 aromatic rings. The van der Waals surface area contributed by atoms with Crippen LogP contribution in [0, 0.1) is 52.3 Å². The number of unbranched alkanes of at least 4 members (excludes halogenated alkanes) is 4. The molecule has 5 rings (SSSR count). The normalized spacial score (nSPS) is 34.2.